The number of benzene rings is 1. The van der Waals surface area contributed by atoms with Gasteiger partial charge in [0.25, 0.3) is 0 Å². The summed E-state index contributed by atoms with van der Waals surface area (Å²) in [6, 6.07) is 10.6. The third-order valence-electron chi connectivity index (χ3n) is 3.69. The van der Waals surface area contributed by atoms with Crippen LogP contribution < -0.4 is 10.2 Å². The number of aliphatic hydroxyl groups is 1. The van der Waals surface area contributed by atoms with Crippen molar-refractivity contribution in [2.24, 2.45) is 0 Å². The molecule has 1 aromatic carbocycles. The summed E-state index contributed by atoms with van der Waals surface area (Å²) in [5.74, 6) is 1.52. The van der Waals surface area contributed by atoms with Crippen molar-refractivity contribution < 1.29 is 5.11 Å². The lowest BCUT2D eigenvalue weighted by molar-refractivity contribution is 0.311. The predicted octanol–water partition coefficient (Wildman–Crippen LogP) is 1.75. The first-order chi connectivity index (χ1) is 10.3. The molecule has 0 saturated heterocycles. The van der Waals surface area contributed by atoms with Gasteiger partial charge in [-0.25, -0.2) is 4.98 Å². The topological polar surface area (TPSA) is 61.3 Å². The Kier molecular flexibility index (Phi) is 4.01. The standard InChI is InChI=1S/C16H20N4O/c1-12-10-15(19-16(18-12)17-7-9-21)20-8-6-13-4-2-3-5-14(13)11-20/h2-5,10,21H,6-9,11H2,1H3,(H,17,18,19). The van der Waals surface area contributed by atoms with Crippen molar-refractivity contribution in [1.29, 1.82) is 0 Å². The first-order valence-corrected chi connectivity index (χ1v) is 7.28. The summed E-state index contributed by atoms with van der Waals surface area (Å²) < 4.78 is 0. The number of hydrogen-bond acceptors (Lipinski definition) is 5. The summed E-state index contributed by atoms with van der Waals surface area (Å²) in [5.41, 5.74) is 3.72. The Bertz CT molecular complexity index is 629. The average molecular weight is 284 g/mol. The maximum Gasteiger partial charge on any atom is 0.224 e. The maximum absolute atomic E-state index is 8.90. The minimum atomic E-state index is 0.0731. The fourth-order valence-electron chi connectivity index (χ4n) is 2.65. The zero-order valence-electron chi connectivity index (χ0n) is 12.2. The van der Waals surface area contributed by atoms with E-state index in [0.717, 1.165) is 31.0 Å². The maximum atomic E-state index is 8.90. The molecular weight excluding hydrogens is 264 g/mol. The molecule has 0 aliphatic carbocycles. The summed E-state index contributed by atoms with van der Waals surface area (Å²) in [6.07, 6.45) is 1.04. The number of rotatable bonds is 4. The van der Waals surface area contributed by atoms with Crippen LogP contribution in [-0.4, -0.2) is 34.8 Å². The molecule has 3 rings (SSSR count). The van der Waals surface area contributed by atoms with Crippen molar-refractivity contribution >= 4 is 11.8 Å². The molecule has 110 valence electrons. The molecule has 21 heavy (non-hydrogen) atoms. The highest BCUT2D eigenvalue weighted by atomic mass is 16.3. The molecule has 1 aliphatic heterocycles. The Morgan fingerprint density at radius 3 is 2.86 bits per heavy atom. The smallest absolute Gasteiger partial charge is 0.224 e. The van der Waals surface area contributed by atoms with Crippen LogP contribution in [0.25, 0.3) is 0 Å². The van der Waals surface area contributed by atoms with Gasteiger partial charge < -0.3 is 15.3 Å². The van der Waals surface area contributed by atoms with Crippen molar-refractivity contribution in [1.82, 2.24) is 9.97 Å². The van der Waals surface area contributed by atoms with Gasteiger partial charge in [0.05, 0.1) is 6.61 Å². The van der Waals surface area contributed by atoms with Crippen LogP contribution >= 0.6 is 0 Å². The lowest BCUT2D eigenvalue weighted by Gasteiger charge is -2.30. The predicted molar refractivity (Wildman–Crippen MR) is 83.5 cm³/mol. The lowest BCUT2D eigenvalue weighted by atomic mass is 10.00. The molecule has 0 saturated carbocycles. The number of anilines is 2. The molecule has 5 heteroatoms. The molecule has 2 aromatic rings. The second-order valence-corrected chi connectivity index (χ2v) is 5.28. The Hall–Kier alpha value is -2.14. The summed E-state index contributed by atoms with van der Waals surface area (Å²) >= 11 is 0. The van der Waals surface area contributed by atoms with E-state index >= 15 is 0 Å². The van der Waals surface area contributed by atoms with Crippen LogP contribution in [0.4, 0.5) is 11.8 Å². The number of aryl methyl sites for hydroxylation is 1. The average Bonchev–Trinajstić information content (AvgIpc) is 2.52. The minimum absolute atomic E-state index is 0.0731. The van der Waals surface area contributed by atoms with Gasteiger partial charge in [0.2, 0.25) is 5.95 Å². The SMILES string of the molecule is Cc1cc(N2CCc3ccccc3C2)nc(NCCO)n1. The van der Waals surface area contributed by atoms with Crippen molar-refractivity contribution in [3.05, 3.63) is 47.2 Å². The van der Waals surface area contributed by atoms with Gasteiger partial charge in [-0.3, -0.25) is 0 Å². The molecule has 0 bridgehead atoms. The summed E-state index contributed by atoms with van der Waals surface area (Å²) in [5, 5.41) is 11.9. The van der Waals surface area contributed by atoms with Crippen LogP contribution in [0.2, 0.25) is 0 Å². The van der Waals surface area contributed by atoms with Crippen LogP contribution in [-0.2, 0) is 13.0 Å². The number of nitrogens with one attached hydrogen (secondary N) is 1. The van der Waals surface area contributed by atoms with Gasteiger partial charge in [0.15, 0.2) is 0 Å². The zero-order valence-corrected chi connectivity index (χ0v) is 12.2. The van der Waals surface area contributed by atoms with E-state index in [-0.39, 0.29) is 6.61 Å². The third kappa shape index (κ3) is 3.13. The fraction of sp³-hybridized carbons (Fsp3) is 0.375. The van der Waals surface area contributed by atoms with Gasteiger partial charge in [-0.2, -0.15) is 4.98 Å². The van der Waals surface area contributed by atoms with Gasteiger partial charge in [-0.1, -0.05) is 24.3 Å². The van der Waals surface area contributed by atoms with Crippen LogP contribution in [0, 0.1) is 6.92 Å². The highest BCUT2D eigenvalue weighted by Gasteiger charge is 2.17. The van der Waals surface area contributed by atoms with Crippen LogP contribution in [0.15, 0.2) is 30.3 Å². The lowest BCUT2D eigenvalue weighted by Crippen LogP contribution is -2.31. The second-order valence-electron chi connectivity index (χ2n) is 5.28. The summed E-state index contributed by atoms with van der Waals surface area (Å²) in [6.45, 7) is 4.35. The molecule has 0 unspecified atom stereocenters. The van der Waals surface area contributed by atoms with Crippen molar-refractivity contribution in [3.63, 3.8) is 0 Å². The fourth-order valence-corrected chi connectivity index (χ4v) is 2.65. The molecular formula is C16H20N4O. The van der Waals surface area contributed by atoms with E-state index in [1.807, 2.05) is 13.0 Å². The van der Waals surface area contributed by atoms with E-state index in [1.54, 1.807) is 0 Å². The van der Waals surface area contributed by atoms with Crippen LogP contribution in [0.3, 0.4) is 0 Å². The minimum Gasteiger partial charge on any atom is -0.395 e. The number of nitrogens with zero attached hydrogens (tertiary/aromatic N) is 3. The molecule has 0 radical (unpaired) electrons. The van der Waals surface area contributed by atoms with Gasteiger partial charge in [0, 0.05) is 31.4 Å². The quantitative estimate of drug-likeness (QED) is 0.895. The molecule has 0 amide bonds. The van der Waals surface area contributed by atoms with Gasteiger partial charge in [-0.05, 0) is 24.5 Å². The van der Waals surface area contributed by atoms with Crippen LogP contribution in [0.1, 0.15) is 16.8 Å². The van der Waals surface area contributed by atoms with Gasteiger partial charge >= 0.3 is 0 Å². The van der Waals surface area contributed by atoms with E-state index in [2.05, 4.69) is 44.5 Å². The second kappa shape index (κ2) is 6.10. The normalized spacial score (nSPS) is 13.9. The summed E-state index contributed by atoms with van der Waals surface area (Å²) in [4.78, 5) is 11.2. The molecule has 0 fully saturated rings. The summed E-state index contributed by atoms with van der Waals surface area (Å²) in [7, 11) is 0. The van der Waals surface area contributed by atoms with Crippen molar-refractivity contribution in [2.75, 3.05) is 29.9 Å². The highest BCUT2D eigenvalue weighted by Crippen LogP contribution is 2.24. The molecule has 1 aromatic heterocycles. The largest absolute Gasteiger partial charge is 0.395 e. The monoisotopic (exact) mass is 284 g/mol. The van der Waals surface area contributed by atoms with E-state index in [0.29, 0.717) is 12.5 Å². The Morgan fingerprint density at radius 2 is 2.05 bits per heavy atom. The van der Waals surface area contributed by atoms with Crippen molar-refractivity contribution in [2.45, 2.75) is 19.9 Å². The molecule has 1 aliphatic rings. The molecule has 0 spiro atoms. The van der Waals surface area contributed by atoms with Crippen molar-refractivity contribution in [3.8, 4) is 0 Å². The van der Waals surface area contributed by atoms with E-state index in [4.69, 9.17) is 5.11 Å². The highest BCUT2D eigenvalue weighted by molar-refractivity contribution is 5.48. The number of fused-ring (bicyclic) bond motifs is 1. The number of aromatic nitrogens is 2. The van der Waals surface area contributed by atoms with E-state index in [9.17, 15) is 0 Å². The molecule has 2 N–H and O–H groups in total. The first kappa shape index (κ1) is 13.8. The number of aliphatic hydroxyl groups excluding tert-OH is 1. The van der Waals surface area contributed by atoms with Gasteiger partial charge in [0.1, 0.15) is 5.82 Å². The van der Waals surface area contributed by atoms with E-state index < -0.39 is 0 Å². The Labute approximate surface area is 124 Å². The van der Waals surface area contributed by atoms with E-state index in [1.165, 1.54) is 11.1 Å². The zero-order chi connectivity index (χ0) is 14.7. The van der Waals surface area contributed by atoms with Crippen LogP contribution in [0.5, 0.6) is 0 Å². The Morgan fingerprint density at radius 1 is 1.24 bits per heavy atom. The molecule has 5 nitrogen and oxygen atoms in total. The Balaban J connectivity index is 1.83. The molecule has 0 atom stereocenters. The van der Waals surface area contributed by atoms with Gasteiger partial charge in [-0.15, -0.1) is 0 Å². The first-order valence-electron chi connectivity index (χ1n) is 7.28. The third-order valence-corrected chi connectivity index (χ3v) is 3.69. The number of hydrogen-bond donors (Lipinski definition) is 2. The molecule has 2 heterocycles.